The van der Waals surface area contributed by atoms with Gasteiger partial charge in [-0.1, -0.05) is 20.8 Å². The molecule has 2 aliphatic rings. The molecule has 0 saturated carbocycles. The Labute approximate surface area is 205 Å². The summed E-state index contributed by atoms with van der Waals surface area (Å²) in [4.78, 5) is 0. The number of halogens is 2. The second-order valence-electron chi connectivity index (χ2n) is 11.7. The standard InChI is InChI=1S/C12H28O2Si2.C7H9.C5H5.2ClH.Zr/c1-12(2,3)10-11(13-15(4,5)6)14-16(7,8)9;1-6-3-4-7(2)5-6;1-2-4-5-3-1;;;/h10H,1-9H3;3-5H,1-2H3;1-5H;2*1H;/q;;;;;+2/p-2. The molecule has 0 bridgehead atoms. The van der Waals surface area contributed by atoms with Crippen LogP contribution in [0.25, 0.3) is 0 Å². The van der Waals surface area contributed by atoms with Crippen LogP contribution in [0.4, 0.5) is 0 Å². The maximum atomic E-state index is 6.73. The normalized spacial score (nSPS) is 21.5. The molecule has 7 heteroatoms. The first-order chi connectivity index (χ1) is 13.7. The van der Waals surface area contributed by atoms with Gasteiger partial charge >= 0.3 is 104 Å². The molecule has 176 valence electrons. The van der Waals surface area contributed by atoms with E-state index in [2.05, 4.69) is 110 Å². The van der Waals surface area contributed by atoms with Crippen molar-refractivity contribution in [3.63, 3.8) is 0 Å². The zero-order chi connectivity index (χ0) is 24.3. The summed E-state index contributed by atoms with van der Waals surface area (Å²) in [6.45, 7) is 23.8. The second kappa shape index (κ2) is 10.6. The van der Waals surface area contributed by atoms with Crippen LogP contribution in [0.3, 0.4) is 0 Å². The molecule has 2 aliphatic carbocycles. The van der Waals surface area contributed by atoms with Gasteiger partial charge in [-0.3, -0.25) is 0 Å². The summed E-state index contributed by atoms with van der Waals surface area (Å²) in [5, 5.41) is 0. The van der Waals surface area contributed by atoms with E-state index in [1.54, 1.807) is 0 Å². The topological polar surface area (TPSA) is 18.5 Å². The summed E-state index contributed by atoms with van der Waals surface area (Å²) in [5.74, 6) is 0.742. The van der Waals surface area contributed by atoms with Gasteiger partial charge in [0.15, 0.2) is 0 Å². The summed E-state index contributed by atoms with van der Waals surface area (Å²) in [5.41, 5.74) is 1.36. The fourth-order valence-electron chi connectivity index (χ4n) is 3.15. The predicted octanol–water partition coefficient (Wildman–Crippen LogP) is 9.63. The predicted molar refractivity (Wildman–Crippen MR) is 141 cm³/mol. The third kappa shape index (κ3) is 10.3. The number of rotatable bonds is 6. The van der Waals surface area contributed by atoms with E-state index in [0.717, 1.165) is 5.95 Å². The summed E-state index contributed by atoms with van der Waals surface area (Å²) in [6, 6.07) is 0. The van der Waals surface area contributed by atoms with Crippen LogP contribution in [0.1, 0.15) is 34.6 Å². The molecule has 1 atom stereocenters. The molecule has 0 fully saturated rings. The third-order valence-corrected chi connectivity index (χ3v) is 21.2. The van der Waals surface area contributed by atoms with Gasteiger partial charge in [-0.05, 0) is 50.8 Å². The van der Waals surface area contributed by atoms with Gasteiger partial charge in [0.2, 0.25) is 22.6 Å². The molecule has 31 heavy (non-hydrogen) atoms. The van der Waals surface area contributed by atoms with E-state index >= 15 is 0 Å². The Morgan fingerprint density at radius 1 is 1.00 bits per heavy atom. The van der Waals surface area contributed by atoms with Gasteiger partial charge < -0.3 is 8.85 Å². The van der Waals surface area contributed by atoms with Crippen molar-refractivity contribution in [1.29, 1.82) is 0 Å². The van der Waals surface area contributed by atoms with Crippen LogP contribution in [0.5, 0.6) is 0 Å². The summed E-state index contributed by atoms with van der Waals surface area (Å²) in [7, 11) is 10.3. The number of hydrogen-bond donors (Lipinski definition) is 0. The van der Waals surface area contributed by atoms with Crippen molar-refractivity contribution in [1.82, 2.24) is 0 Å². The van der Waals surface area contributed by atoms with Gasteiger partial charge in [0, 0.05) is 0 Å². The first kappa shape index (κ1) is 29.2. The van der Waals surface area contributed by atoms with Crippen molar-refractivity contribution in [2.45, 2.75) is 80.6 Å². The van der Waals surface area contributed by atoms with E-state index in [0.29, 0.717) is 3.63 Å². The first-order valence-corrected chi connectivity index (χ1v) is 26.8. The molecule has 2 rings (SSSR count). The second-order valence-corrected chi connectivity index (χ2v) is 36.1. The Morgan fingerprint density at radius 3 is 1.77 bits per heavy atom. The van der Waals surface area contributed by atoms with Crippen LogP contribution in [-0.4, -0.2) is 16.6 Å². The van der Waals surface area contributed by atoms with Gasteiger partial charge in [0.1, 0.15) is 0 Å². The SMILES string of the molecule is CC(C)(C)C=C(O[Si](C)(C)C)O[Si](C)(C)C.CC1=C[C](C)([Zr]([Cl])([Cl])[CH]2C=CC=C2)C=C1. The van der Waals surface area contributed by atoms with Crippen molar-refractivity contribution in [2.75, 3.05) is 0 Å². The van der Waals surface area contributed by atoms with E-state index in [-0.39, 0.29) is 8.54 Å². The molecule has 0 aliphatic heterocycles. The van der Waals surface area contributed by atoms with Crippen LogP contribution in [0.15, 0.2) is 60.1 Å². The molecule has 0 aromatic carbocycles. The minimum atomic E-state index is -3.20. The Kier molecular flexibility index (Phi) is 10.0. The quantitative estimate of drug-likeness (QED) is 0.230. The summed E-state index contributed by atoms with van der Waals surface area (Å²) in [6.07, 6.45) is 17.0. The van der Waals surface area contributed by atoms with E-state index < -0.39 is 34.5 Å². The maximum absolute atomic E-state index is 6.73. The Balaban J connectivity index is 0.000000310. The van der Waals surface area contributed by atoms with Crippen LogP contribution >= 0.6 is 17.0 Å². The van der Waals surface area contributed by atoms with Crippen LogP contribution in [0, 0.1) is 5.41 Å². The average molecular weight is 581 g/mol. The van der Waals surface area contributed by atoms with Crippen molar-refractivity contribution in [2.24, 2.45) is 5.41 Å². The zero-order valence-electron chi connectivity index (χ0n) is 21.3. The molecular formula is C24H42Cl2O2Si2Zr. The first-order valence-electron chi connectivity index (χ1n) is 11.0. The van der Waals surface area contributed by atoms with Crippen molar-refractivity contribution >= 4 is 33.7 Å². The molecule has 1 unspecified atom stereocenters. The fourth-order valence-corrected chi connectivity index (χ4v) is 13.0. The Bertz CT molecular complexity index is 749. The summed E-state index contributed by atoms with van der Waals surface area (Å²) < 4.78 is 12.2. The Hall–Kier alpha value is 0.197. The molecule has 0 aromatic rings. The third-order valence-electron chi connectivity index (χ3n) is 4.47. The fraction of sp³-hybridized carbons (Fsp3) is 0.583. The van der Waals surface area contributed by atoms with Crippen LogP contribution < -0.4 is 0 Å². The zero-order valence-corrected chi connectivity index (χ0v) is 27.2. The molecule has 0 saturated heterocycles. The molecule has 0 aromatic heterocycles. The van der Waals surface area contributed by atoms with Crippen molar-refractivity contribution in [3.8, 4) is 0 Å². The molecule has 0 amide bonds. The van der Waals surface area contributed by atoms with Gasteiger partial charge in [-0.25, -0.2) is 0 Å². The van der Waals surface area contributed by atoms with Gasteiger partial charge in [-0.2, -0.15) is 0 Å². The monoisotopic (exact) mass is 578 g/mol. The number of allylic oxidation sites excluding steroid dienone is 9. The van der Waals surface area contributed by atoms with E-state index in [1.165, 1.54) is 5.57 Å². The van der Waals surface area contributed by atoms with E-state index in [1.807, 2.05) is 12.2 Å². The van der Waals surface area contributed by atoms with Crippen LogP contribution in [-0.2, 0) is 26.7 Å². The minimum absolute atomic E-state index is 0.0778. The van der Waals surface area contributed by atoms with Gasteiger partial charge in [0.05, 0.1) is 0 Å². The molecule has 0 radical (unpaired) electrons. The molecule has 2 nitrogen and oxygen atoms in total. The molecule has 0 spiro atoms. The van der Waals surface area contributed by atoms with Crippen molar-refractivity contribution < 1.29 is 26.7 Å². The number of hydrogen-bond acceptors (Lipinski definition) is 2. The molecule has 0 heterocycles. The molecule has 0 N–H and O–H groups in total. The Morgan fingerprint density at radius 2 is 1.45 bits per heavy atom. The van der Waals surface area contributed by atoms with Gasteiger partial charge in [0.25, 0.3) is 0 Å². The van der Waals surface area contributed by atoms with Crippen LogP contribution in [0.2, 0.25) is 46.0 Å². The average Bonchev–Trinajstić information content (AvgIpc) is 3.13. The molecular weight excluding hydrogens is 539 g/mol. The van der Waals surface area contributed by atoms with Crippen molar-refractivity contribution in [3.05, 3.63) is 60.1 Å². The summed E-state index contributed by atoms with van der Waals surface area (Å²) >= 11 is -3.20. The van der Waals surface area contributed by atoms with Gasteiger partial charge in [-0.15, -0.1) is 0 Å². The van der Waals surface area contributed by atoms with E-state index in [4.69, 9.17) is 25.9 Å². The van der Waals surface area contributed by atoms with E-state index in [9.17, 15) is 0 Å².